The number of hydrogen-bond donors (Lipinski definition) is 1. The van der Waals surface area contributed by atoms with Gasteiger partial charge in [-0.3, -0.25) is 0 Å². The van der Waals surface area contributed by atoms with Gasteiger partial charge in [-0.1, -0.05) is 43.7 Å². The number of hydrogen-bond acceptors (Lipinski definition) is 3. The van der Waals surface area contributed by atoms with Gasteiger partial charge >= 0.3 is 0 Å². The van der Waals surface area contributed by atoms with Crippen LogP contribution in [-0.2, 0) is 19.4 Å². The average Bonchev–Trinajstić information content (AvgIpc) is 2.78. The largest absolute Gasteiger partial charge is 0.392 e. The number of aliphatic hydroxyl groups excluding tert-OH is 1. The van der Waals surface area contributed by atoms with Crippen LogP contribution in [0.3, 0.4) is 0 Å². The minimum absolute atomic E-state index is 0.423. The first kappa shape index (κ1) is 14.7. The van der Waals surface area contributed by atoms with Gasteiger partial charge in [-0.2, -0.15) is 5.10 Å². The third-order valence-corrected chi connectivity index (χ3v) is 3.24. The zero-order valence-corrected chi connectivity index (χ0v) is 12.5. The summed E-state index contributed by atoms with van der Waals surface area (Å²) in [5.74, 6) is 1.38. The van der Waals surface area contributed by atoms with E-state index in [0.29, 0.717) is 18.8 Å². The zero-order valence-electron chi connectivity index (χ0n) is 12.5. The van der Waals surface area contributed by atoms with E-state index in [1.807, 2.05) is 4.68 Å². The SMILES string of the molecule is Cc1ccc(CC(O)Cc2ncnn2CC(C)C)cc1. The molecule has 1 unspecified atom stereocenters. The van der Waals surface area contributed by atoms with Gasteiger partial charge in [0.1, 0.15) is 12.2 Å². The van der Waals surface area contributed by atoms with Gasteiger partial charge in [0.2, 0.25) is 0 Å². The molecule has 2 rings (SSSR count). The summed E-state index contributed by atoms with van der Waals surface area (Å²) in [6.45, 7) is 7.20. The molecule has 2 aromatic rings. The maximum absolute atomic E-state index is 10.2. The maximum atomic E-state index is 10.2. The number of aliphatic hydroxyl groups is 1. The summed E-state index contributed by atoms with van der Waals surface area (Å²) >= 11 is 0. The predicted molar refractivity (Wildman–Crippen MR) is 79.5 cm³/mol. The van der Waals surface area contributed by atoms with Crippen LogP contribution in [0.1, 0.15) is 30.8 Å². The molecular weight excluding hydrogens is 250 g/mol. The fourth-order valence-corrected chi connectivity index (χ4v) is 2.22. The van der Waals surface area contributed by atoms with Crippen LogP contribution in [0.5, 0.6) is 0 Å². The van der Waals surface area contributed by atoms with Crippen molar-refractivity contribution in [2.45, 2.75) is 46.3 Å². The quantitative estimate of drug-likeness (QED) is 0.879. The van der Waals surface area contributed by atoms with Gasteiger partial charge in [-0.25, -0.2) is 9.67 Å². The Morgan fingerprint density at radius 1 is 1.15 bits per heavy atom. The Morgan fingerprint density at radius 2 is 1.85 bits per heavy atom. The lowest BCUT2D eigenvalue weighted by atomic mass is 10.0. The van der Waals surface area contributed by atoms with E-state index in [1.54, 1.807) is 6.33 Å². The van der Waals surface area contributed by atoms with E-state index >= 15 is 0 Å². The fourth-order valence-electron chi connectivity index (χ4n) is 2.22. The monoisotopic (exact) mass is 273 g/mol. The Kier molecular flexibility index (Phi) is 4.90. The lowest BCUT2D eigenvalue weighted by Gasteiger charge is -2.12. The Labute approximate surface area is 120 Å². The van der Waals surface area contributed by atoms with Crippen molar-refractivity contribution in [2.75, 3.05) is 0 Å². The molecule has 4 nitrogen and oxygen atoms in total. The van der Waals surface area contributed by atoms with Gasteiger partial charge in [0, 0.05) is 13.0 Å². The molecule has 1 N–H and O–H groups in total. The molecule has 0 saturated heterocycles. The Hall–Kier alpha value is -1.68. The summed E-state index contributed by atoms with van der Waals surface area (Å²) in [6.07, 6.45) is 2.33. The number of benzene rings is 1. The van der Waals surface area contributed by atoms with E-state index in [2.05, 4.69) is 55.1 Å². The summed E-state index contributed by atoms with van der Waals surface area (Å²) in [5, 5.41) is 14.4. The van der Waals surface area contributed by atoms with Crippen molar-refractivity contribution in [2.24, 2.45) is 5.92 Å². The highest BCUT2D eigenvalue weighted by Gasteiger charge is 2.12. The average molecular weight is 273 g/mol. The summed E-state index contributed by atoms with van der Waals surface area (Å²) in [7, 11) is 0. The van der Waals surface area contributed by atoms with Crippen molar-refractivity contribution >= 4 is 0 Å². The number of aromatic nitrogens is 3. The molecule has 0 radical (unpaired) electrons. The molecular formula is C16H23N3O. The lowest BCUT2D eigenvalue weighted by Crippen LogP contribution is -2.19. The van der Waals surface area contributed by atoms with Crippen molar-refractivity contribution in [3.05, 3.63) is 47.5 Å². The molecule has 1 heterocycles. The molecule has 0 aliphatic carbocycles. The minimum atomic E-state index is -0.423. The second-order valence-electron chi connectivity index (χ2n) is 5.80. The van der Waals surface area contributed by atoms with Crippen LogP contribution in [-0.4, -0.2) is 26.0 Å². The van der Waals surface area contributed by atoms with Crippen molar-refractivity contribution < 1.29 is 5.11 Å². The summed E-state index contributed by atoms with van der Waals surface area (Å²) in [4.78, 5) is 4.26. The van der Waals surface area contributed by atoms with Crippen LogP contribution in [0.4, 0.5) is 0 Å². The lowest BCUT2D eigenvalue weighted by molar-refractivity contribution is 0.170. The third kappa shape index (κ3) is 4.17. The first-order valence-electron chi connectivity index (χ1n) is 7.15. The summed E-state index contributed by atoms with van der Waals surface area (Å²) in [5.41, 5.74) is 2.39. The maximum Gasteiger partial charge on any atom is 0.138 e. The van der Waals surface area contributed by atoms with E-state index in [-0.39, 0.29) is 0 Å². The van der Waals surface area contributed by atoms with Crippen LogP contribution >= 0.6 is 0 Å². The molecule has 20 heavy (non-hydrogen) atoms. The molecule has 1 aromatic carbocycles. The van der Waals surface area contributed by atoms with Crippen LogP contribution in [0.2, 0.25) is 0 Å². The third-order valence-electron chi connectivity index (χ3n) is 3.24. The normalized spacial score (nSPS) is 12.8. The molecule has 0 bridgehead atoms. The van der Waals surface area contributed by atoms with Gasteiger partial charge in [0.05, 0.1) is 6.10 Å². The molecule has 1 aromatic heterocycles. The minimum Gasteiger partial charge on any atom is -0.392 e. The zero-order chi connectivity index (χ0) is 14.5. The molecule has 0 fully saturated rings. The number of nitrogens with zero attached hydrogens (tertiary/aromatic N) is 3. The van der Waals surface area contributed by atoms with Gasteiger partial charge in [0.15, 0.2) is 0 Å². The molecule has 0 aliphatic rings. The summed E-state index contributed by atoms with van der Waals surface area (Å²) < 4.78 is 1.89. The molecule has 0 spiro atoms. The molecule has 1 atom stereocenters. The number of rotatable bonds is 6. The molecule has 108 valence electrons. The smallest absolute Gasteiger partial charge is 0.138 e. The van der Waals surface area contributed by atoms with Crippen LogP contribution in [0.25, 0.3) is 0 Å². The van der Waals surface area contributed by atoms with E-state index in [4.69, 9.17) is 0 Å². The first-order chi connectivity index (χ1) is 9.54. The van der Waals surface area contributed by atoms with Crippen molar-refractivity contribution in [1.29, 1.82) is 0 Å². The van der Waals surface area contributed by atoms with E-state index < -0.39 is 6.10 Å². The standard InChI is InChI=1S/C16H23N3O/c1-12(2)10-19-16(17-11-18-19)9-15(20)8-14-6-4-13(3)5-7-14/h4-7,11-12,15,20H,8-10H2,1-3H3. The predicted octanol–water partition coefficient (Wildman–Crippen LogP) is 2.39. The highest BCUT2D eigenvalue weighted by atomic mass is 16.3. The molecule has 0 aliphatic heterocycles. The van der Waals surface area contributed by atoms with Crippen LogP contribution in [0, 0.1) is 12.8 Å². The Morgan fingerprint density at radius 3 is 2.50 bits per heavy atom. The van der Waals surface area contributed by atoms with E-state index in [0.717, 1.165) is 17.9 Å². The number of aryl methyl sites for hydroxylation is 1. The van der Waals surface area contributed by atoms with Gasteiger partial charge in [-0.05, 0) is 24.8 Å². The van der Waals surface area contributed by atoms with Crippen molar-refractivity contribution in [1.82, 2.24) is 14.8 Å². The highest BCUT2D eigenvalue weighted by molar-refractivity contribution is 5.21. The molecule has 0 saturated carbocycles. The molecule has 4 heteroatoms. The second-order valence-corrected chi connectivity index (χ2v) is 5.80. The second kappa shape index (κ2) is 6.66. The van der Waals surface area contributed by atoms with Gasteiger partial charge in [-0.15, -0.1) is 0 Å². The first-order valence-corrected chi connectivity index (χ1v) is 7.15. The Bertz CT molecular complexity index is 531. The highest BCUT2D eigenvalue weighted by Crippen LogP contribution is 2.10. The molecule has 0 amide bonds. The van der Waals surface area contributed by atoms with Crippen LogP contribution < -0.4 is 0 Å². The van der Waals surface area contributed by atoms with Crippen molar-refractivity contribution in [3.8, 4) is 0 Å². The van der Waals surface area contributed by atoms with E-state index in [9.17, 15) is 5.11 Å². The topological polar surface area (TPSA) is 50.9 Å². The van der Waals surface area contributed by atoms with Crippen molar-refractivity contribution in [3.63, 3.8) is 0 Å². The van der Waals surface area contributed by atoms with Gasteiger partial charge < -0.3 is 5.11 Å². The van der Waals surface area contributed by atoms with Gasteiger partial charge in [0.25, 0.3) is 0 Å². The Balaban J connectivity index is 1.96. The summed E-state index contributed by atoms with van der Waals surface area (Å²) in [6, 6.07) is 8.28. The fraction of sp³-hybridized carbons (Fsp3) is 0.500. The van der Waals surface area contributed by atoms with E-state index in [1.165, 1.54) is 5.56 Å². The van der Waals surface area contributed by atoms with Crippen LogP contribution in [0.15, 0.2) is 30.6 Å².